The molecule has 1 aromatic heterocycles. The Morgan fingerprint density at radius 2 is 2.10 bits per heavy atom. The topological polar surface area (TPSA) is 90.2 Å². The van der Waals surface area contributed by atoms with Gasteiger partial charge in [0.05, 0.1) is 17.3 Å². The monoisotopic (exact) mass is 286 g/mol. The number of benzene rings is 1. The van der Waals surface area contributed by atoms with E-state index in [4.69, 9.17) is 10.4 Å². The molecular formula is C14H10N2O3S. The van der Waals surface area contributed by atoms with Crippen molar-refractivity contribution in [1.29, 1.82) is 5.26 Å². The Labute approximate surface area is 119 Å². The number of nitrogens with zero attached hydrogens (tertiary/aromatic N) is 1. The number of amides is 1. The number of carboxylic acids is 1. The van der Waals surface area contributed by atoms with E-state index in [1.807, 2.05) is 16.8 Å². The smallest absolute Gasteiger partial charge is 0.337 e. The highest BCUT2D eigenvalue weighted by Crippen LogP contribution is 2.27. The second-order valence-electron chi connectivity index (χ2n) is 3.96. The van der Waals surface area contributed by atoms with Crippen LogP contribution in [-0.4, -0.2) is 17.0 Å². The highest BCUT2D eigenvalue weighted by atomic mass is 32.1. The van der Waals surface area contributed by atoms with E-state index in [-0.39, 0.29) is 17.7 Å². The van der Waals surface area contributed by atoms with Crippen LogP contribution in [-0.2, 0) is 4.79 Å². The number of anilines is 1. The predicted octanol–water partition coefficient (Wildman–Crippen LogP) is 2.97. The van der Waals surface area contributed by atoms with Crippen LogP contribution in [0.2, 0.25) is 0 Å². The van der Waals surface area contributed by atoms with Crippen molar-refractivity contribution in [3.8, 4) is 17.2 Å². The maximum absolute atomic E-state index is 11.5. The molecule has 1 heterocycles. The fourth-order valence-electron chi connectivity index (χ4n) is 1.71. The number of nitrogens with one attached hydrogen (secondary N) is 1. The van der Waals surface area contributed by atoms with Gasteiger partial charge in [0.25, 0.3) is 0 Å². The standard InChI is InChI=1S/C14H10N2O3S/c15-5-3-13(17)16-12-7-9(10-4-6-20-8-10)1-2-11(12)14(18)19/h1-2,4,6-8H,3H2,(H,16,17)(H,18,19). The minimum absolute atomic E-state index is 0.00438. The van der Waals surface area contributed by atoms with Crippen LogP contribution in [0.4, 0.5) is 5.69 Å². The Balaban J connectivity index is 2.40. The van der Waals surface area contributed by atoms with E-state index in [9.17, 15) is 9.59 Å². The third-order valence-electron chi connectivity index (χ3n) is 2.62. The van der Waals surface area contributed by atoms with E-state index < -0.39 is 11.9 Å². The maximum Gasteiger partial charge on any atom is 0.337 e. The van der Waals surface area contributed by atoms with E-state index in [1.165, 1.54) is 17.4 Å². The van der Waals surface area contributed by atoms with Crippen molar-refractivity contribution in [2.75, 3.05) is 5.32 Å². The average molecular weight is 286 g/mol. The van der Waals surface area contributed by atoms with Gasteiger partial charge in [0.15, 0.2) is 0 Å². The molecule has 0 aliphatic carbocycles. The summed E-state index contributed by atoms with van der Waals surface area (Å²) in [5.74, 6) is -1.66. The highest BCUT2D eigenvalue weighted by Gasteiger charge is 2.13. The normalized spacial score (nSPS) is 9.75. The molecule has 100 valence electrons. The Kier molecular flexibility index (Phi) is 4.13. The third kappa shape index (κ3) is 3.02. The number of hydrogen-bond donors (Lipinski definition) is 2. The molecule has 6 heteroatoms. The lowest BCUT2D eigenvalue weighted by Gasteiger charge is -2.09. The summed E-state index contributed by atoms with van der Waals surface area (Å²) < 4.78 is 0. The molecule has 0 radical (unpaired) electrons. The Hall–Kier alpha value is -2.65. The number of hydrogen-bond acceptors (Lipinski definition) is 4. The molecule has 0 fully saturated rings. The van der Waals surface area contributed by atoms with Gasteiger partial charge in [0, 0.05) is 0 Å². The molecule has 0 saturated heterocycles. The number of carbonyl (C=O) groups excluding carboxylic acids is 1. The van der Waals surface area contributed by atoms with Crippen molar-refractivity contribution >= 4 is 28.9 Å². The molecule has 5 nitrogen and oxygen atoms in total. The summed E-state index contributed by atoms with van der Waals surface area (Å²) in [5.41, 5.74) is 1.95. The van der Waals surface area contributed by atoms with Crippen LogP contribution in [0.1, 0.15) is 16.8 Å². The summed E-state index contributed by atoms with van der Waals surface area (Å²) in [7, 11) is 0. The predicted molar refractivity (Wildman–Crippen MR) is 75.6 cm³/mol. The average Bonchev–Trinajstić information content (AvgIpc) is 2.92. The molecule has 0 spiro atoms. The first-order valence-electron chi connectivity index (χ1n) is 5.68. The molecule has 0 atom stereocenters. The van der Waals surface area contributed by atoms with Gasteiger partial charge in [-0.05, 0) is 40.1 Å². The zero-order valence-electron chi connectivity index (χ0n) is 10.3. The fourth-order valence-corrected chi connectivity index (χ4v) is 2.37. The number of carbonyl (C=O) groups is 2. The summed E-state index contributed by atoms with van der Waals surface area (Å²) in [6.07, 6.45) is -0.318. The fraction of sp³-hybridized carbons (Fsp3) is 0.0714. The molecule has 0 aliphatic heterocycles. The molecule has 2 rings (SSSR count). The lowest BCUT2D eigenvalue weighted by Crippen LogP contribution is -2.13. The van der Waals surface area contributed by atoms with Gasteiger partial charge in [0.1, 0.15) is 6.42 Å². The van der Waals surface area contributed by atoms with Crippen LogP contribution in [0.5, 0.6) is 0 Å². The van der Waals surface area contributed by atoms with Crippen molar-refractivity contribution < 1.29 is 14.7 Å². The van der Waals surface area contributed by atoms with E-state index in [0.717, 1.165) is 11.1 Å². The number of carboxylic acid groups (broad SMARTS) is 1. The van der Waals surface area contributed by atoms with E-state index in [0.29, 0.717) is 0 Å². The van der Waals surface area contributed by atoms with E-state index >= 15 is 0 Å². The lowest BCUT2D eigenvalue weighted by atomic mass is 10.0. The van der Waals surface area contributed by atoms with Gasteiger partial charge in [-0.15, -0.1) is 0 Å². The summed E-state index contributed by atoms with van der Waals surface area (Å²) in [6, 6.07) is 8.35. The van der Waals surface area contributed by atoms with Gasteiger partial charge < -0.3 is 10.4 Å². The van der Waals surface area contributed by atoms with Crippen molar-refractivity contribution in [2.45, 2.75) is 6.42 Å². The SMILES string of the molecule is N#CCC(=O)Nc1cc(-c2ccsc2)ccc1C(=O)O. The van der Waals surface area contributed by atoms with Crippen molar-refractivity contribution in [2.24, 2.45) is 0 Å². The zero-order chi connectivity index (χ0) is 14.5. The second kappa shape index (κ2) is 5.99. The summed E-state index contributed by atoms with van der Waals surface area (Å²) >= 11 is 1.53. The first kappa shape index (κ1) is 13.8. The molecule has 2 N–H and O–H groups in total. The van der Waals surface area contributed by atoms with Crippen LogP contribution in [0.25, 0.3) is 11.1 Å². The van der Waals surface area contributed by atoms with Crippen molar-refractivity contribution in [3.63, 3.8) is 0 Å². The van der Waals surface area contributed by atoms with E-state index in [2.05, 4.69) is 5.32 Å². The largest absolute Gasteiger partial charge is 0.478 e. The number of rotatable bonds is 4. The molecule has 0 saturated carbocycles. The first-order valence-corrected chi connectivity index (χ1v) is 6.63. The summed E-state index contributed by atoms with van der Waals surface area (Å²) in [6.45, 7) is 0. The third-order valence-corrected chi connectivity index (χ3v) is 3.30. The summed E-state index contributed by atoms with van der Waals surface area (Å²) in [5, 5.41) is 23.9. The highest BCUT2D eigenvalue weighted by molar-refractivity contribution is 7.08. The van der Waals surface area contributed by atoms with Crippen LogP contribution in [0.15, 0.2) is 35.0 Å². The molecule has 0 aliphatic rings. The molecule has 1 aromatic carbocycles. The summed E-state index contributed by atoms with van der Waals surface area (Å²) in [4.78, 5) is 22.6. The first-order chi connectivity index (χ1) is 9.61. The molecule has 0 unspecified atom stereocenters. The van der Waals surface area contributed by atoms with Gasteiger partial charge in [-0.3, -0.25) is 4.79 Å². The van der Waals surface area contributed by atoms with Gasteiger partial charge in [0.2, 0.25) is 5.91 Å². The quantitative estimate of drug-likeness (QED) is 0.904. The Morgan fingerprint density at radius 1 is 1.30 bits per heavy atom. The van der Waals surface area contributed by atoms with Gasteiger partial charge in [-0.2, -0.15) is 16.6 Å². The van der Waals surface area contributed by atoms with Gasteiger partial charge in [-0.25, -0.2) is 4.79 Å². The maximum atomic E-state index is 11.5. The van der Waals surface area contributed by atoms with Gasteiger partial charge >= 0.3 is 5.97 Å². The van der Waals surface area contributed by atoms with Crippen molar-refractivity contribution in [3.05, 3.63) is 40.6 Å². The van der Waals surface area contributed by atoms with Gasteiger partial charge in [-0.1, -0.05) is 6.07 Å². The number of thiophene rings is 1. The Morgan fingerprint density at radius 3 is 2.70 bits per heavy atom. The number of aromatic carboxylic acids is 1. The van der Waals surface area contributed by atoms with Crippen LogP contribution < -0.4 is 5.32 Å². The Bertz CT molecular complexity index is 687. The molecule has 1 amide bonds. The lowest BCUT2D eigenvalue weighted by molar-refractivity contribution is -0.115. The molecule has 0 bridgehead atoms. The van der Waals surface area contributed by atoms with Crippen LogP contribution in [0.3, 0.4) is 0 Å². The molecule has 2 aromatic rings. The van der Waals surface area contributed by atoms with E-state index in [1.54, 1.807) is 18.2 Å². The van der Waals surface area contributed by atoms with Crippen LogP contribution in [0, 0.1) is 11.3 Å². The second-order valence-corrected chi connectivity index (χ2v) is 4.74. The minimum Gasteiger partial charge on any atom is -0.478 e. The molecular weight excluding hydrogens is 276 g/mol. The zero-order valence-corrected chi connectivity index (χ0v) is 11.1. The van der Waals surface area contributed by atoms with Crippen LogP contribution >= 0.6 is 11.3 Å². The molecule has 20 heavy (non-hydrogen) atoms. The number of nitriles is 1. The minimum atomic E-state index is -1.13. The van der Waals surface area contributed by atoms with Crippen molar-refractivity contribution in [1.82, 2.24) is 0 Å².